The molecule has 2 aromatic carbocycles. The van der Waals surface area contributed by atoms with Gasteiger partial charge in [-0.15, -0.1) is 0 Å². The van der Waals surface area contributed by atoms with Gasteiger partial charge in [-0.05, 0) is 85.3 Å². The third kappa shape index (κ3) is 4.95. The summed E-state index contributed by atoms with van der Waals surface area (Å²) in [7, 11) is 0. The molecule has 0 N–H and O–H groups in total. The first kappa shape index (κ1) is 21.1. The highest BCUT2D eigenvalue weighted by atomic mass is 79.9. The highest BCUT2D eigenvalue weighted by Gasteiger charge is 2.14. The second kappa shape index (κ2) is 9.79. The Morgan fingerprint density at radius 3 is 1.83 bits per heavy atom. The zero-order valence-corrected chi connectivity index (χ0v) is 19.7. The Morgan fingerprint density at radius 2 is 1.30 bits per heavy atom. The van der Waals surface area contributed by atoms with Crippen molar-refractivity contribution in [2.75, 3.05) is 5.33 Å². The number of aryl methyl sites for hydroxylation is 2. The molecule has 3 aliphatic carbocycles. The number of allylic oxidation sites excluding steroid dienone is 6. The van der Waals surface area contributed by atoms with Crippen molar-refractivity contribution < 1.29 is 0 Å². The standard InChI is InChI=1S/C17H18.C12H13Br/c1-13-11-16-8-4-7-15(17(16)12-13)10-9-14-5-2-3-6-14;1-9-7-11-4-2-3-10(5-6-13)12(11)8-9/h2-8,11,14H,9-10,12H2,1H3;2-4,7H,5-6,8H2,1H3. The number of hydrogen-bond acceptors (Lipinski definition) is 0. The Labute approximate surface area is 190 Å². The van der Waals surface area contributed by atoms with Crippen LogP contribution in [0.1, 0.15) is 53.6 Å². The molecule has 1 heteroatoms. The van der Waals surface area contributed by atoms with Crippen molar-refractivity contribution in [3.63, 3.8) is 0 Å². The summed E-state index contributed by atoms with van der Waals surface area (Å²) in [6.45, 7) is 4.43. The predicted octanol–water partition coefficient (Wildman–Crippen LogP) is 7.90. The first-order valence-corrected chi connectivity index (χ1v) is 12.2. The molecule has 0 heterocycles. The van der Waals surface area contributed by atoms with E-state index in [9.17, 15) is 0 Å². The van der Waals surface area contributed by atoms with E-state index in [1.54, 1.807) is 16.7 Å². The van der Waals surface area contributed by atoms with Gasteiger partial charge in [-0.3, -0.25) is 0 Å². The predicted molar refractivity (Wildman–Crippen MR) is 135 cm³/mol. The Kier molecular flexibility index (Phi) is 6.89. The largest absolute Gasteiger partial charge is 0.0924 e. The normalized spacial score (nSPS) is 16.1. The van der Waals surface area contributed by atoms with Gasteiger partial charge in [0, 0.05) is 5.33 Å². The summed E-state index contributed by atoms with van der Waals surface area (Å²) >= 11 is 3.49. The van der Waals surface area contributed by atoms with Crippen molar-refractivity contribution >= 4 is 28.1 Å². The second-order valence-corrected chi connectivity index (χ2v) is 9.51. The number of rotatable bonds is 5. The van der Waals surface area contributed by atoms with Gasteiger partial charge in [-0.1, -0.05) is 99.9 Å². The maximum atomic E-state index is 3.49. The van der Waals surface area contributed by atoms with Gasteiger partial charge in [-0.2, -0.15) is 0 Å². The van der Waals surface area contributed by atoms with E-state index in [-0.39, 0.29) is 0 Å². The van der Waals surface area contributed by atoms with E-state index in [1.165, 1.54) is 40.7 Å². The molecule has 0 fully saturated rings. The topological polar surface area (TPSA) is 0 Å². The molecule has 0 unspecified atom stereocenters. The summed E-state index contributed by atoms with van der Waals surface area (Å²) in [6, 6.07) is 13.4. The van der Waals surface area contributed by atoms with Crippen LogP contribution in [0.5, 0.6) is 0 Å². The van der Waals surface area contributed by atoms with Crippen LogP contribution < -0.4 is 0 Å². The van der Waals surface area contributed by atoms with Crippen LogP contribution in [0.15, 0.2) is 71.8 Å². The van der Waals surface area contributed by atoms with Crippen LogP contribution in [0, 0.1) is 5.92 Å². The van der Waals surface area contributed by atoms with E-state index in [1.807, 2.05) is 0 Å². The molecule has 2 aromatic rings. The fraction of sp³-hybridized carbons (Fsp3) is 0.310. The molecule has 3 aliphatic rings. The van der Waals surface area contributed by atoms with Gasteiger partial charge in [0.1, 0.15) is 0 Å². The summed E-state index contributed by atoms with van der Waals surface area (Å²) in [6.07, 6.45) is 19.4. The Morgan fingerprint density at radius 1 is 0.767 bits per heavy atom. The second-order valence-electron chi connectivity index (χ2n) is 8.72. The van der Waals surface area contributed by atoms with Crippen LogP contribution >= 0.6 is 15.9 Å². The van der Waals surface area contributed by atoms with Crippen LogP contribution in [-0.4, -0.2) is 5.33 Å². The fourth-order valence-corrected chi connectivity index (χ4v) is 5.19. The first-order chi connectivity index (χ1) is 14.6. The third-order valence-corrected chi connectivity index (χ3v) is 6.67. The fourth-order valence-electron chi connectivity index (χ4n) is 4.76. The zero-order valence-electron chi connectivity index (χ0n) is 18.1. The Hall–Kier alpha value is -2.12. The third-order valence-electron chi connectivity index (χ3n) is 6.27. The molecule has 0 atom stereocenters. The van der Waals surface area contributed by atoms with Gasteiger partial charge in [-0.25, -0.2) is 0 Å². The van der Waals surface area contributed by atoms with Crippen molar-refractivity contribution in [1.82, 2.24) is 0 Å². The smallest absolute Gasteiger partial charge is 0.00719 e. The quantitative estimate of drug-likeness (QED) is 0.399. The highest BCUT2D eigenvalue weighted by Crippen LogP contribution is 2.30. The molecule has 0 aromatic heterocycles. The summed E-state index contributed by atoms with van der Waals surface area (Å²) in [4.78, 5) is 0. The first-order valence-electron chi connectivity index (χ1n) is 11.1. The lowest BCUT2D eigenvalue weighted by molar-refractivity contribution is 0.712. The van der Waals surface area contributed by atoms with Crippen molar-refractivity contribution in [3.8, 4) is 0 Å². The van der Waals surface area contributed by atoms with Crippen LogP contribution in [0.2, 0.25) is 0 Å². The van der Waals surface area contributed by atoms with Crippen LogP contribution in [0.3, 0.4) is 0 Å². The maximum Gasteiger partial charge on any atom is 0.00719 e. The SMILES string of the molecule is CC1=Cc2cccc(CCBr)c2C1.CC1=Cc2cccc(CCC3C=CC=C3)c2C1. The van der Waals surface area contributed by atoms with Gasteiger partial charge in [0.25, 0.3) is 0 Å². The molecule has 30 heavy (non-hydrogen) atoms. The molecule has 154 valence electrons. The zero-order chi connectivity index (χ0) is 20.9. The molecule has 0 nitrogen and oxygen atoms in total. The maximum absolute atomic E-state index is 3.49. The molecule has 0 radical (unpaired) electrons. The van der Waals surface area contributed by atoms with E-state index in [0.29, 0.717) is 5.92 Å². The number of alkyl halides is 1. The summed E-state index contributed by atoms with van der Waals surface area (Å²) < 4.78 is 0. The molecule has 0 amide bonds. The number of fused-ring (bicyclic) bond motifs is 2. The monoisotopic (exact) mass is 458 g/mol. The van der Waals surface area contributed by atoms with Gasteiger partial charge in [0.15, 0.2) is 0 Å². The molecular formula is C29H31Br. The summed E-state index contributed by atoms with van der Waals surface area (Å²) in [5.41, 5.74) is 12.0. The van der Waals surface area contributed by atoms with Gasteiger partial charge in [0.05, 0.1) is 0 Å². The van der Waals surface area contributed by atoms with Crippen LogP contribution in [0.25, 0.3) is 12.2 Å². The average molecular weight is 459 g/mol. The lowest BCUT2D eigenvalue weighted by atomic mass is 9.95. The molecule has 0 saturated heterocycles. The van der Waals surface area contributed by atoms with Crippen molar-refractivity contribution in [3.05, 3.63) is 105 Å². The summed E-state index contributed by atoms with van der Waals surface area (Å²) in [5, 5.41) is 1.06. The molecule has 0 bridgehead atoms. The van der Waals surface area contributed by atoms with Crippen LogP contribution in [-0.2, 0) is 25.7 Å². The van der Waals surface area contributed by atoms with E-state index < -0.39 is 0 Å². The number of benzene rings is 2. The van der Waals surface area contributed by atoms with Gasteiger partial charge >= 0.3 is 0 Å². The summed E-state index contributed by atoms with van der Waals surface area (Å²) in [5.74, 6) is 0.654. The molecule has 0 saturated carbocycles. The van der Waals surface area contributed by atoms with E-state index in [2.05, 4.69) is 103 Å². The minimum absolute atomic E-state index is 0.654. The molecule has 0 aliphatic heterocycles. The van der Waals surface area contributed by atoms with E-state index in [4.69, 9.17) is 0 Å². The van der Waals surface area contributed by atoms with Crippen LogP contribution in [0.4, 0.5) is 0 Å². The lowest BCUT2D eigenvalue weighted by Gasteiger charge is -2.10. The van der Waals surface area contributed by atoms with Crippen molar-refractivity contribution in [2.24, 2.45) is 5.92 Å². The molecule has 0 spiro atoms. The highest BCUT2D eigenvalue weighted by molar-refractivity contribution is 9.09. The van der Waals surface area contributed by atoms with Gasteiger partial charge < -0.3 is 0 Å². The minimum Gasteiger partial charge on any atom is -0.0924 e. The van der Waals surface area contributed by atoms with E-state index in [0.717, 1.165) is 24.6 Å². The lowest BCUT2D eigenvalue weighted by Crippen LogP contribution is -1.98. The van der Waals surface area contributed by atoms with E-state index >= 15 is 0 Å². The molecular weight excluding hydrogens is 428 g/mol. The van der Waals surface area contributed by atoms with Crippen molar-refractivity contribution in [1.29, 1.82) is 0 Å². The number of hydrogen-bond donors (Lipinski definition) is 0. The van der Waals surface area contributed by atoms with Crippen molar-refractivity contribution in [2.45, 2.75) is 46.0 Å². The Balaban J connectivity index is 0.000000151. The van der Waals surface area contributed by atoms with Gasteiger partial charge in [0.2, 0.25) is 0 Å². The number of halogens is 1. The minimum atomic E-state index is 0.654. The Bertz CT molecular complexity index is 1020. The molecule has 5 rings (SSSR count). The average Bonchev–Trinajstić information content (AvgIpc) is 3.46.